The van der Waals surface area contributed by atoms with E-state index in [1.807, 2.05) is 13.0 Å². The van der Waals surface area contributed by atoms with Crippen LogP contribution in [0.1, 0.15) is 4.88 Å². The molecule has 0 N–H and O–H groups in total. The summed E-state index contributed by atoms with van der Waals surface area (Å²) in [7, 11) is 0. The number of thiophene rings is 1. The Kier molecular flexibility index (Phi) is 3.07. The maximum atomic E-state index is 10.5. The molecule has 1 heterocycles. The fourth-order valence-electron chi connectivity index (χ4n) is 1.35. The number of non-ortho nitro benzene ring substituents is 1. The van der Waals surface area contributed by atoms with Crippen molar-refractivity contribution in [2.24, 2.45) is 0 Å². The second kappa shape index (κ2) is 4.35. The zero-order valence-electron chi connectivity index (χ0n) is 8.44. The molecule has 0 amide bonds. The molecule has 0 aliphatic heterocycles. The predicted octanol–water partition coefficient (Wildman–Crippen LogP) is 4.39. The second-order valence-corrected chi connectivity index (χ2v) is 5.43. The first-order valence-corrected chi connectivity index (χ1v) is 6.19. The van der Waals surface area contributed by atoms with Gasteiger partial charge in [0.05, 0.1) is 4.92 Å². The molecule has 0 atom stereocenters. The van der Waals surface area contributed by atoms with Crippen molar-refractivity contribution >= 4 is 33.0 Å². The van der Waals surface area contributed by atoms with E-state index in [9.17, 15) is 10.1 Å². The van der Waals surface area contributed by atoms with E-state index in [1.165, 1.54) is 17.0 Å². The summed E-state index contributed by atoms with van der Waals surface area (Å²) in [5.41, 5.74) is 1.13. The minimum Gasteiger partial charge on any atom is -0.258 e. The molecule has 0 unspecified atom stereocenters. The van der Waals surface area contributed by atoms with Crippen LogP contribution in [0.25, 0.3) is 10.4 Å². The molecule has 0 aliphatic rings. The maximum Gasteiger partial charge on any atom is 0.269 e. The van der Waals surface area contributed by atoms with Crippen LogP contribution in [0.4, 0.5) is 5.69 Å². The number of halogens is 1. The molecule has 3 nitrogen and oxygen atoms in total. The Labute approximate surface area is 105 Å². The van der Waals surface area contributed by atoms with Crippen LogP contribution in [0, 0.1) is 17.0 Å². The SMILES string of the molecule is Cc1sc(-c2ccc([N+](=O)[O-])cc2)cc1Br. The summed E-state index contributed by atoms with van der Waals surface area (Å²) < 4.78 is 1.07. The van der Waals surface area contributed by atoms with Crippen molar-refractivity contribution in [3.63, 3.8) is 0 Å². The lowest BCUT2D eigenvalue weighted by Gasteiger charge is -1.96. The molecule has 0 saturated heterocycles. The molecule has 1 aromatic heterocycles. The molecule has 2 aromatic rings. The average Bonchev–Trinajstić information content (AvgIpc) is 2.59. The summed E-state index contributed by atoms with van der Waals surface area (Å²) in [5, 5.41) is 10.5. The number of nitrogens with zero attached hydrogens (tertiary/aromatic N) is 1. The zero-order valence-corrected chi connectivity index (χ0v) is 10.8. The predicted molar refractivity (Wildman–Crippen MR) is 68.8 cm³/mol. The number of aryl methyl sites for hydroxylation is 1. The van der Waals surface area contributed by atoms with Crippen LogP contribution in [0.3, 0.4) is 0 Å². The Morgan fingerprint density at radius 1 is 1.31 bits per heavy atom. The molecular weight excluding hydrogens is 290 g/mol. The van der Waals surface area contributed by atoms with Gasteiger partial charge in [-0.2, -0.15) is 0 Å². The van der Waals surface area contributed by atoms with E-state index in [1.54, 1.807) is 23.5 Å². The Balaban J connectivity index is 2.38. The normalized spacial score (nSPS) is 10.4. The number of nitro groups is 1. The highest BCUT2D eigenvalue weighted by Crippen LogP contribution is 2.34. The van der Waals surface area contributed by atoms with Gasteiger partial charge in [0.15, 0.2) is 0 Å². The van der Waals surface area contributed by atoms with E-state index in [0.717, 1.165) is 14.9 Å². The number of nitro benzene ring substituents is 1. The Hall–Kier alpha value is -1.20. The van der Waals surface area contributed by atoms with Crippen LogP contribution >= 0.6 is 27.3 Å². The fraction of sp³-hybridized carbons (Fsp3) is 0.0909. The molecule has 82 valence electrons. The minimum absolute atomic E-state index is 0.121. The maximum absolute atomic E-state index is 10.5. The average molecular weight is 298 g/mol. The highest BCUT2D eigenvalue weighted by Gasteiger charge is 2.08. The van der Waals surface area contributed by atoms with Gasteiger partial charge < -0.3 is 0 Å². The number of hydrogen-bond acceptors (Lipinski definition) is 3. The van der Waals surface area contributed by atoms with Gasteiger partial charge in [0.25, 0.3) is 5.69 Å². The number of hydrogen-bond donors (Lipinski definition) is 0. The van der Waals surface area contributed by atoms with Crippen molar-refractivity contribution in [1.29, 1.82) is 0 Å². The molecule has 0 bridgehead atoms. The van der Waals surface area contributed by atoms with E-state index in [0.29, 0.717) is 0 Å². The zero-order chi connectivity index (χ0) is 11.7. The first-order valence-electron chi connectivity index (χ1n) is 4.58. The lowest BCUT2D eigenvalue weighted by atomic mass is 10.2. The molecule has 0 radical (unpaired) electrons. The van der Waals surface area contributed by atoms with Gasteiger partial charge in [-0.15, -0.1) is 11.3 Å². The highest BCUT2D eigenvalue weighted by molar-refractivity contribution is 9.10. The summed E-state index contributed by atoms with van der Waals surface area (Å²) in [6.45, 7) is 2.03. The topological polar surface area (TPSA) is 43.1 Å². The van der Waals surface area contributed by atoms with Crippen LogP contribution in [0.5, 0.6) is 0 Å². The Bertz CT molecular complexity index is 514. The lowest BCUT2D eigenvalue weighted by molar-refractivity contribution is -0.384. The summed E-state index contributed by atoms with van der Waals surface area (Å²) in [6.07, 6.45) is 0. The number of benzene rings is 1. The van der Waals surface area contributed by atoms with E-state index >= 15 is 0 Å². The Morgan fingerprint density at radius 3 is 2.38 bits per heavy atom. The molecule has 0 spiro atoms. The van der Waals surface area contributed by atoms with Gasteiger partial charge in [0, 0.05) is 26.4 Å². The van der Waals surface area contributed by atoms with Gasteiger partial charge >= 0.3 is 0 Å². The van der Waals surface area contributed by atoms with Gasteiger partial charge in [0.2, 0.25) is 0 Å². The third kappa shape index (κ3) is 2.15. The first kappa shape index (κ1) is 11.3. The van der Waals surface area contributed by atoms with Gasteiger partial charge in [-0.1, -0.05) is 0 Å². The van der Waals surface area contributed by atoms with E-state index in [4.69, 9.17) is 0 Å². The van der Waals surface area contributed by atoms with Crippen molar-refractivity contribution in [2.45, 2.75) is 6.92 Å². The Morgan fingerprint density at radius 2 is 1.94 bits per heavy atom. The van der Waals surface area contributed by atoms with Crippen molar-refractivity contribution in [3.8, 4) is 10.4 Å². The standard InChI is InChI=1S/C11H8BrNO2S/c1-7-10(12)6-11(16-7)8-2-4-9(5-3-8)13(14)15/h2-6H,1H3. The van der Waals surface area contributed by atoms with Gasteiger partial charge in [-0.3, -0.25) is 10.1 Å². The van der Waals surface area contributed by atoms with Crippen molar-refractivity contribution in [3.05, 3.63) is 49.8 Å². The lowest BCUT2D eigenvalue weighted by Crippen LogP contribution is -1.86. The highest BCUT2D eigenvalue weighted by atomic mass is 79.9. The van der Waals surface area contributed by atoms with Crippen LogP contribution in [-0.4, -0.2) is 4.92 Å². The monoisotopic (exact) mass is 297 g/mol. The molecule has 0 fully saturated rings. The van der Waals surface area contributed by atoms with Crippen LogP contribution < -0.4 is 0 Å². The van der Waals surface area contributed by atoms with Crippen molar-refractivity contribution in [1.82, 2.24) is 0 Å². The first-order chi connectivity index (χ1) is 7.58. The van der Waals surface area contributed by atoms with Crippen LogP contribution in [0.15, 0.2) is 34.8 Å². The quantitative estimate of drug-likeness (QED) is 0.609. The van der Waals surface area contributed by atoms with E-state index in [-0.39, 0.29) is 10.6 Å². The largest absolute Gasteiger partial charge is 0.269 e. The fourth-order valence-corrected chi connectivity index (χ4v) is 2.89. The number of rotatable bonds is 2. The van der Waals surface area contributed by atoms with Crippen molar-refractivity contribution < 1.29 is 4.92 Å². The summed E-state index contributed by atoms with van der Waals surface area (Å²) >= 11 is 5.12. The van der Waals surface area contributed by atoms with Crippen molar-refractivity contribution in [2.75, 3.05) is 0 Å². The molecule has 16 heavy (non-hydrogen) atoms. The minimum atomic E-state index is -0.390. The summed E-state index contributed by atoms with van der Waals surface area (Å²) in [4.78, 5) is 12.4. The van der Waals surface area contributed by atoms with Gasteiger partial charge in [0.1, 0.15) is 0 Å². The summed E-state index contributed by atoms with van der Waals surface area (Å²) in [6, 6.07) is 8.63. The van der Waals surface area contributed by atoms with Gasteiger partial charge in [-0.25, -0.2) is 0 Å². The molecule has 0 aliphatic carbocycles. The van der Waals surface area contributed by atoms with E-state index in [2.05, 4.69) is 15.9 Å². The second-order valence-electron chi connectivity index (χ2n) is 3.32. The van der Waals surface area contributed by atoms with E-state index < -0.39 is 0 Å². The molecule has 2 rings (SSSR count). The smallest absolute Gasteiger partial charge is 0.258 e. The molecule has 1 aromatic carbocycles. The van der Waals surface area contributed by atoms with Gasteiger partial charge in [-0.05, 0) is 46.6 Å². The van der Waals surface area contributed by atoms with Crippen LogP contribution in [-0.2, 0) is 0 Å². The summed E-state index contributed by atoms with van der Waals surface area (Å²) in [5.74, 6) is 0. The third-order valence-electron chi connectivity index (χ3n) is 2.22. The third-order valence-corrected chi connectivity index (χ3v) is 4.41. The molecule has 0 saturated carbocycles. The molecular formula is C11H8BrNO2S. The molecule has 5 heteroatoms. The van der Waals surface area contributed by atoms with Crippen LogP contribution in [0.2, 0.25) is 0 Å².